The number of rotatable bonds is 2. The van der Waals surface area contributed by atoms with Gasteiger partial charge in [-0.2, -0.15) is 0 Å². The quantitative estimate of drug-likeness (QED) is 0.614. The molecular formula is C11H7F4NO3. The van der Waals surface area contributed by atoms with Crippen molar-refractivity contribution in [3.8, 4) is 5.75 Å². The Balaban J connectivity index is 2.24. The molecule has 1 aliphatic rings. The van der Waals surface area contributed by atoms with Gasteiger partial charge in [-0.25, -0.2) is 4.39 Å². The van der Waals surface area contributed by atoms with Crippen LogP contribution in [0.25, 0.3) is 0 Å². The molecule has 1 saturated heterocycles. The fraction of sp³-hybridized carbons (Fsp3) is 0.273. The van der Waals surface area contributed by atoms with Gasteiger partial charge in [-0.15, -0.1) is 13.2 Å². The zero-order valence-corrected chi connectivity index (χ0v) is 9.33. The van der Waals surface area contributed by atoms with Crippen LogP contribution in [0.1, 0.15) is 6.42 Å². The summed E-state index contributed by atoms with van der Waals surface area (Å²) >= 11 is 0. The Kier molecular flexibility index (Phi) is 3.17. The molecule has 0 unspecified atom stereocenters. The molecule has 19 heavy (non-hydrogen) atoms. The van der Waals surface area contributed by atoms with E-state index in [-0.39, 0.29) is 24.4 Å². The maximum atomic E-state index is 13.4. The van der Waals surface area contributed by atoms with Gasteiger partial charge in [-0.05, 0) is 12.1 Å². The molecule has 102 valence electrons. The Labute approximate surface area is 104 Å². The van der Waals surface area contributed by atoms with E-state index in [1.165, 1.54) is 0 Å². The SMILES string of the molecule is O=C1CC(=O)N(c2ccc(OC(F)(F)F)c(F)c2)C1. The highest BCUT2D eigenvalue weighted by atomic mass is 19.4. The molecule has 0 aromatic heterocycles. The summed E-state index contributed by atoms with van der Waals surface area (Å²) in [5.41, 5.74) is 0.0166. The third kappa shape index (κ3) is 3.01. The maximum absolute atomic E-state index is 13.4. The number of carbonyl (C=O) groups excluding carboxylic acids is 2. The van der Waals surface area contributed by atoms with Crippen LogP contribution in [0.15, 0.2) is 18.2 Å². The van der Waals surface area contributed by atoms with Crippen LogP contribution in [0, 0.1) is 5.82 Å². The van der Waals surface area contributed by atoms with Crippen molar-refractivity contribution in [2.24, 2.45) is 0 Å². The van der Waals surface area contributed by atoms with E-state index in [1.54, 1.807) is 0 Å². The van der Waals surface area contributed by atoms with Crippen molar-refractivity contribution in [2.75, 3.05) is 11.4 Å². The predicted molar refractivity (Wildman–Crippen MR) is 55.1 cm³/mol. The summed E-state index contributed by atoms with van der Waals surface area (Å²) < 4.78 is 52.7. The lowest BCUT2D eigenvalue weighted by Crippen LogP contribution is -2.24. The molecule has 1 fully saturated rings. The van der Waals surface area contributed by atoms with E-state index in [2.05, 4.69) is 4.74 Å². The molecule has 0 aliphatic carbocycles. The van der Waals surface area contributed by atoms with Crippen molar-refractivity contribution in [1.82, 2.24) is 0 Å². The summed E-state index contributed by atoms with van der Waals surface area (Å²) in [6.45, 7) is -0.211. The molecule has 1 heterocycles. The van der Waals surface area contributed by atoms with Crippen molar-refractivity contribution < 1.29 is 31.9 Å². The number of hydrogen-bond acceptors (Lipinski definition) is 3. The molecule has 1 aromatic rings. The van der Waals surface area contributed by atoms with E-state index < -0.39 is 23.8 Å². The van der Waals surface area contributed by atoms with Crippen molar-refractivity contribution in [3.63, 3.8) is 0 Å². The van der Waals surface area contributed by atoms with E-state index in [0.29, 0.717) is 0 Å². The second-order valence-corrected chi connectivity index (χ2v) is 3.86. The zero-order chi connectivity index (χ0) is 14.2. The first kappa shape index (κ1) is 13.3. The number of nitrogens with zero attached hydrogens (tertiary/aromatic N) is 1. The van der Waals surface area contributed by atoms with Crippen LogP contribution < -0.4 is 9.64 Å². The topological polar surface area (TPSA) is 46.6 Å². The third-order valence-corrected chi connectivity index (χ3v) is 2.44. The Morgan fingerprint density at radius 2 is 1.89 bits per heavy atom. The van der Waals surface area contributed by atoms with Gasteiger partial charge < -0.3 is 9.64 Å². The van der Waals surface area contributed by atoms with E-state index in [1.807, 2.05) is 0 Å². The van der Waals surface area contributed by atoms with Crippen molar-refractivity contribution >= 4 is 17.4 Å². The first-order valence-electron chi connectivity index (χ1n) is 5.13. The molecule has 0 radical (unpaired) electrons. The van der Waals surface area contributed by atoms with Gasteiger partial charge in [0, 0.05) is 11.8 Å². The molecule has 4 nitrogen and oxygen atoms in total. The highest BCUT2D eigenvalue weighted by Gasteiger charge is 2.33. The summed E-state index contributed by atoms with van der Waals surface area (Å²) in [6, 6.07) is 2.56. The van der Waals surface area contributed by atoms with Crippen LogP contribution in [0.4, 0.5) is 23.2 Å². The van der Waals surface area contributed by atoms with Gasteiger partial charge in [0.05, 0.1) is 13.0 Å². The minimum absolute atomic E-state index is 0.0166. The minimum atomic E-state index is -5.00. The number of hydrogen-bond donors (Lipinski definition) is 0. The molecule has 2 rings (SSSR count). The predicted octanol–water partition coefficient (Wildman–Crippen LogP) is 2.03. The lowest BCUT2D eigenvalue weighted by molar-refractivity contribution is -0.275. The fourth-order valence-corrected chi connectivity index (χ4v) is 1.68. The Hall–Kier alpha value is -2.12. The minimum Gasteiger partial charge on any atom is -0.403 e. The van der Waals surface area contributed by atoms with Crippen LogP contribution in [0.2, 0.25) is 0 Å². The lowest BCUT2D eigenvalue weighted by Gasteiger charge is -2.16. The third-order valence-electron chi connectivity index (χ3n) is 2.44. The van der Waals surface area contributed by atoms with Crippen LogP contribution >= 0.6 is 0 Å². The van der Waals surface area contributed by atoms with Crippen molar-refractivity contribution in [1.29, 1.82) is 0 Å². The summed E-state index contributed by atoms with van der Waals surface area (Å²) in [6.07, 6.45) is -5.29. The van der Waals surface area contributed by atoms with Crippen LogP contribution in [-0.4, -0.2) is 24.6 Å². The van der Waals surface area contributed by atoms with Gasteiger partial charge in [-0.1, -0.05) is 0 Å². The van der Waals surface area contributed by atoms with Gasteiger partial charge in [0.1, 0.15) is 0 Å². The normalized spacial score (nSPS) is 16.1. The number of amides is 1. The maximum Gasteiger partial charge on any atom is 0.573 e. The highest BCUT2D eigenvalue weighted by Crippen LogP contribution is 2.29. The molecule has 0 bridgehead atoms. The van der Waals surface area contributed by atoms with Gasteiger partial charge in [0.2, 0.25) is 5.91 Å². The molecule has 0 saturated carbocycles. The average molecular weight is 277 g/mol. The number of benzene rings is 1. The number of ether oxygens (including phenoxy) is 1. The van der Waals surface area contributed by atoms with Crippen LogP contribution in [-0.2, 0) is 9.59 Å². The van der Waals surface area contributed by atoms with E-state index in [0.717, 1.165) is 23.1 Å². The fourth-order valence-electron chi connectivity index (χ4n) is 1.68. The van der Waals surface area contributed by atoms with E-state index in [9.17, 15) is 27.2 Å². The van der Waals surface area contributed by atoms with Crippen molar-refractivity contribution in [3.05, 3.63) is 24.0 Å². The first-order chi connectivity index (χ1) is 8.76. The zero-order valence-electron chi connectivity index (χ0n) is 9.33. The largest absolute Gasteiger partial charge is 0.573 e. The first-order valence-corrected chi connectivity index (χ1v) is 5.13. The second-order valence-electron chi connectivity index (χ2n) is 3.86. The number of ketones is 1. The Morgan fingerprint density at radius 3 is 2.37 bits per heavy atom. The second kappa shape index (κ2) is 4.52. The molecule has 1 aliphatic heterocycles. The molecule has 8 heteroatoms. The molecule has 1 amide bonds. The Bertz CT molecular complexity index is 541. The molecule has 0 N–H and O–H groups in total. The monoisotopic (exact) mass is 277 g/mol. The summed E-state index contributed by atoms with van der Waals surface area (Å²) in [4.78, 5) is 23.4. The summed E-state index contributed by atoms with van der Waals surface area (Å²) in [7, 11) is 0. The number of carbonyl (C=O) groups is 2. The van der Waals surface area contributed by atoms with Crippen molar-refractivity contribution in [2.45, 2.75) is 12.8 Å². The molecule has 1 aromatic carbocycles. The lowest BCUT2D eigenvalue weighted by atomic mass is 10.2. The Morgan fingerprint density at radius 1 is 1.21 bits per heavy atom. The molecular weight excluding hydrogens is 270 g/mol. The molecule has 0 atom stereocenters. The van der Waals surface area contributed by atoms with Crippen LogP contribution in [0.3, 0.4) is 0 Å². The van der Waals surface area contributed by atoms with E-state index in [4.69, 9.17) is 0 Å². The van der Waals surface area contributed by atoms with Crippen LogP contribution in [0.5, 0.6) is 5.75 Å². The summed E-state index contributed by atoms with van der Waals surface area (Å²) in [5.74, 6) is -3.11. The average Bonchev–Trinajstić information content (AvgIpc) is 2.59. The highest BCUT2D eigenvalue weighted by molar-refractivity contribution is 6.15. The number of halogens is 4. The summed E-state index contributed by atoms with van der Waals surface area (Å²) in [5, 5.41) is 0. The van der Waals surface area contributed by atoms with Gasteiger partial charge in [0.25, 0.3) is 0 Å². The number of alkyl halides is 3. The number of Topliss-reactive ketones (excluding diaryl/α,β-unsaturated/α-hetero) is 1. The van der Waals surface area contributed by atoms with E-state index >= 15 is 0 Å². The van der Waals surface area contributed by atoms with Gasteiger partial charge in [-0.3, -0.25) is 9.59 Å². The standard InChI is InChI=1S/C11H7F4NO3/c12-8-3-6(16-5-7(17)4-10(16)18)1-2-9(8)19-11(13,14)15/h1-3H,4-5H2. The molecule has 0 spiro atoms. The number of anilines is 1. The smallest absolute Gasteiger partial charge is 0.403 e. The van der Waals surface area contributed by atoms with Gasteiger partial charge in [0.15, 0.2) is 17.3 Å². The van der Waals surface area contributed by atoms with Gasteiger partial charge >= 0.3 is 6.36 Å².